The van der Waals surface area contributed by atoms with Gasteiger partial charge in [-0.25, -0.2) is 21.6 Å². The van der Waals surface area contributed by atoms with Gasteiger partial charge in [-0.15, -0.1) is 11.3 Å². The summed E-state index contributed by atoms with van der Waals surface area (Å²) in [6.45, 7) is 5.69. The number of nitrogens with zero attached hydrogens (tertiary/aromatic N) is 1. The topological polar surface area (TPSA) is 130 Å². The molecule has 0 fully saturated rings. The lowest BCUT2D eigenvalue weighted by molar-refractivity contribution is -0.141. The van der Waals surface area contributed by atoms with E-state index >= 15 is 0 Å². The van der Waals surface area contributed by atoms with Crippen molar-refractivity contribution < 1.29 is 31.5 Å². The Labute approximate surface area is 157 Å². The number of carbonyl (C=O) groups excluding carboxylic acids is 1. The molecule has 0 bridgehead atoms. The smallest absolute Gasteiger partial charge is 0.302 e. The van der Waals surface area contributed by atoms with E-state index in [0.29, 0.717) is 11.3 Å². The van der Waals surface area contributed by atoms with Gasteiger partial charge < -0.3 is 9.84 Å². The first-order valence-electron chi connectivity index (χ1n) is 7.73. The fraction of sp³-hybridized carbons (Fsp3) is 0.643. The van der Waals surface area contributed by atoms with E-state index < -0.39 is 37.7 Å². The van der Waals surface area contributed by atoms with Crippen LogP contribution in [0.15, 0.2) is 14.5 Å². The zero-order valence-electron chi connectivity index (χ0n) is 14.8. The minimum atomic E-state index is -3.99. The van der Waals surface area contributed by atoms with Crippen LogP contribution in [0.4, 0.5) is 0 Å². The van der Waals surface area contributed by atoms with Gasteiger partial charge >= 0.3 is 5.97 Å². The molecular weight excluding hydrogens is 404 g/mol. The highest BCUT2D eigenvalue weighted by Crippen LogP contribution is 2.40. The molecule has 2 N–H and O–H groups in total. The van der Waals surface area contributed by atoms with Gasteiger partial charge in [0.15, 0.2) is 0 Å². The van der Waals surface area contributed by atoms with Crippen molar-refractivity contribution in [2.75, 3.05) is 19.7 Å². The van der Waals surface area contributed by atoms with E-state index in [-0.39, 0.29) is 33.7 Å². The van der Waals surface area contributed by atoms with Crippen LogP contribution in [-0.2, 0) is 29.6 Å². The number of thiophene rings is 1. The number of ether oxygens (including phenoxy) is 1. The number of β-amino-alcohol motifs (C(OH)–C–C–N with tert-alkyl or cyclic N) is 1. The minimum Gasteiger partial charge on any atom is -0.464 e. The van der Waals surface area contributed by atoms with Gasteiger partial charge in [0.1, 0.15) is 15.0 Å². The molecule has 1 atom stereocenters. The summed E-state index contributed by atoms with van der Waals surface area (Å²) in [5, 5.41) is 10.3. The minimum absolute atomic E-state index is 0.0630. The first kappa shape index (κ1) is 21.3. The summed E-state index contributed by atoms with van der Waals surface area (Å²) in [5.74, 6) is -0.543. The molecule has 0 aliphatic carbocycles. The summed E-state index contributed by atoms with van der Waals surface area (Å²) in [7, 11) is -7.91. The molecule has 12 heteroatoms. The van der Waals surface area contributed by atoms with Crippen molar-refractivity contribution in [1.82, 2.24) is 9.03 Å². The lowest BCUT2D eigenvalue weighted by Gasteiger charge is -2.29. The molecule has 148 valence electrons. The Morgan fingerprint density at radius 2 is 2.08 bits per heavy atom. The lowest BCUT2D eigenvalue weighted by Crippen LogP contribution is -2.40. The highest BCUT2D eigenvalue weighted by molar-refractivity contribution is 7.94. The molecule has 2 heterocycles. The molecule has 0 radical (unpaired) electrons. The van der Waals surface area contributed by atoms with Gasteiger partial charge in [-0.05, 0) is 26.8 Å². The SMILES string of the molecule is CC(=O)OCCN1CC(O)c2cc(S(=O)(=O)NC(C)(C)C)sc2S1(=O)=O. The third kappa shape index (κ3) is 4.61. The summed E-state index contributed by atoms with van der Waals surface area (Å²) in [6, 6.07) is 1.19. The molecule has 1 unspecified atom stereocenters. The maximum atomic E-state index is 12.7. The van der Waals surface area contributed by atoms with Gasteiger partial charge in [-0.2, -0.15) is 4.31 Å². The largest absolute Gasteiger partial charge is 0.464 e. The number of hydrogen-bond donors (Lipinski definition) is 2. The number of aliphatic hydroxyl groups excluding tert-OH is 1. The standard InChI is InChI=1S/C14H22N2O7S3/c1-9(17)23-6-5-16-8-11(18)10-7-12(24-13(10)26(16,21)22)25(19,20)15-14(2,3)4/h7,11,15,18H,5-6,8H2,1-4H3. The highest BCUT2D eigenvalue weighted by Gasteiger charge is 2.40. The van der Waals surface area contributed by atoms with Crippen LogP contribution >= 0.6 is 11.3 Å². The van der Waals surface area contributed by atoms with Crippen LogP contribution < -0.4 is 4.72 Å². The monoisotopic (exact) mass is 426 g/mol. The number of carbonyl (C=O) groups is 1. The Bertz CT molecular complexity index is 897. The van der Waals surface area contributed by atoms with Crippen molar-refractivity contribution in [3.05, 3.63) is 11.6 Å². The fourth-order valence-corrected chi connectivity index (χ4v) is 7.62. The van der Waals surface area contributed by atoms with Crippen molar-refractivity contribution in [2.45, 2.75) is 47.8 Å². The van der Waals surface area contributed by atoms with Crippen LogP contribution in [0, 0.1) is 0 Å². The van der Waals surface area contributed by atoms with Gasteiger partial charge in [0, 0.05) is 31.1 Å². The third-order valence-electron chi connectivity index (χ3n) is 3.36. The molecular formula is C14H22N2O7S3. The molecule has 1 aliphatic rings. The maximum Gasteiger partial charge on any atom is 0.302 e. The van der Waals surface area contributed by atoms with E-state index in [1.54, 1.807) is 20.8 Å². The number of sulfonamides is 2. The van der Waals surface area contributed by atoms with Crippen molar-refractivity contribution >= 4 is 37.4 Å². The lowest BCUT2D eigenvalue weighted by atomic mass is 10.1. The van der Waals surface area contributed by atoms with Crippen LogP contribution in [0.3, 0.4) is 0 Å². The first-order chi connectivity index (χ1) is 11.7. The number of fused-ring (bicyclic) bond motifs is 1. The summed E-state index contributed by atoms with van der Waals surface area (Å²) >= 11 is 0.589. The summed E-state index contributed by atoms with van der Waals surface area (Å²) in [4.78, 5) is 10.8. The summed E-state index contributed by atoms with van der Waals surface area (Å²) in [5.41, 5.74) is -0.676. The van der Waals surface area contributed by atoms with Crippen LogP contribution in [0.1, 0.15) is 39.4 Å². The van der Waals surface area contributed by atoms with E-state index in [1.807, 2.05) is 0 Å². The van der Waals surface area contributed by atoms with E-state index in [4.69, 9.17) is 4.74 Å². The molecule has 9 nitrogen and oxygen atoms in total. The fourth-order valence-electron chi connectivity index (χ4n) is 2.39. The van der Waals surface area contributed by atoms with Crippen LogP contribution in [0.5, 0.6) is 0 Å². The normalized spacial score (nSPS) is 20.6. The highest BCUT2D eigenvalue weighted by atomic mass is 32.3. The van der Waals surface area contributed by atoms with Crippen molar-refractivity contribution in [1.29, 1.82) is 0 Å². The molecule has 1 aliphatic heterocycles. The number of esters is 1. The molecule has 0 amide bonds. The van der Waals surface area contributed by atoms with Gasteiger partial charge in [0.05, 0.1) is 6.10 Å². The number of nitrogens with one attached hydrogen (secondary N) is 1. The second-order valence-electron chi connectivity index (χ2n) is 6.88. The van der Waals surface area contributed by atoms with Gasteiger partial charge in [0.25, 0.3) is 20.0 Å². The second kappa shape index (κ2) is 7.17. The summed E-state index contributed by atoms with van der Waals surface area (Å²) < 4.78 is 58.2. The Morgan fingerprint density at radius 3 is 2.62 bits per heavy atom. The van der Waals surface area contributed by atoms with E-state index in [9.17, 15) is 26.7 Å². The quantitative estimate of drug-likeness (QED) is 0.653. The van der Waals surface area contributed by atoms with Crippen molar-refractivity contribution in [3.8, 4) is 0 Å². The van der Waals surface area contributed by atoms with E-state index in [0.717, 1.165) is 4.31 Å². The van der Waals surface area contributed by atoms with Gasteiger partial charge in [-0.1, -0.05) is 0 Å². The molecule has 0 aromatic carbocycles. The van der Waals surface area contributed by atoms with Crippen molar-refractivity contribution in [2.24, 2.45) is 0 Å². The van der Waals surface area contributed by atoms with E-state index in [2.05, 4.69) is 4.72 Å². The molecule has 1 aromatic rings. The summed E-state index contributed by atoms with van der Waals surface area (Å²) in [6.07, 6.45) is -1.17. The number of rotatable bonds is 5. The second-order valence-corrected chi connectivity index (χ2v) is 12.0. The zero-order chi connectivity index (χ0) is 19.9. The molecule has 0 saturated heterocycles. The molecule has 1 aromatic heterocycles. The Hall–Kier alpha value is -1.05. The maximum absolute atomic E-state index is 12.7. The predicted octanol–water partition coefficient (Wildman–Crippen LogP) is 0.426. The predicted molar refractivity (Wildman–Crippen MR) is 94.7 cm³/mol. The molecule has 2 rings (SSSR count). The van der Waals surface area contributed by atoms with Gasteiger partial charge in [-0.3, -0.25) is 4.79 Å². The number of hydrogen-bond acceptors (Lipinski definition) is 8. The van der Waals surface area contributed by atoms with Crippen LogP contribution in [-0.4, -0.2) is 57.5 Å². The Kier molecular flexibility index (Phi) is 5.86. The third-order valence-corrected chi connectivity index (χ3v) is 9.14. The zero-order valence-corrected chi connectivity index (χ0v) is 17.3. The van der Waals surface area contributed by atoms with Gasteiger partial charge in [0.2, 0.25) is 0 Å². The molecule has 0 saturated carbocycles. The van der Waals surface area contributed by atoms with E-state index in [1.165, 1.54) is 13.0 Å². The molecule has 0 spiro atoms. The van der Waals surface area contributed by atoms with Crippen LogP contribution in [0.25, 0.3) is 0 Å². The van der Waals surface area contributed by atoms with Crippen molar-refractivity contribution in [3.63, 3.8) is 0 Å². The average molecular weight is 427 g/mol. The number of aliphatic hydroxyl groups is 1. The Morgan fingerprint density at radius 1 is 1.46 bits per heavy atom. The Balaban J connectivity index is 2.37. The van der Waals surface area contributed by atoms with Crippen LogP contribution in [0.2, 0.25) is 0 Å². The first-order valence-corrected chi connectivity index (χ1v) is 11.5. The average Bonchev–Trinajstić information content (AvgIpc) is 2.89. The molecule has 26 heavy (non-hydrogen) atoms.